The molecule has 110 valence electrons. The molecule has 1 saturated carbocycles. The molecule has 0 saturated heterocycles. The number of rotatable bonds is 4. The summed E-state index contributed by atoms with van der Waals surface area (Å²) >= 11 is 0. The summed E-state index contributed by atoms with van der Waals surface area (Å²) < 4.78 is 0. The average Bonchev–Trinajstić information content (AvgIpc) is 2.53. The van der Waals surface area contributed by atoms with Gasteiger partial charge in [-0.1, -0.05) is 31.0 Å². The largest absolute Gasteiger partial charge is 0.396 e. The molecule has 3 rings (SSSR count). The van der Waals surface area contributed by atoms with Gasteiger partial charge in [-0.05, 0) is 42.7 Å². The summed E-state index contributed by atoms with van der Waals surface area (Å²) in [5.41, 5.74) is 4.19. The van der Waals surface area contributed by atoms with E-state index in [9.17, 15) is 5.11 Å². The van der Waals surface area contributed by atoms with E-state index in [4.69, 9.17) is 0 Å². The molecule has 0 radical (unpaired) electrons. The summed E-state index contributed by atoms with van der Waals surface area (Å²) in [7, 11) is 0. The first kappa shape index (κ1) is 13.9. The summed E-state index contributed by atoms with van der Waals surface area (Å²) in [6.45, 7) is 2.33. The summed E-state index contributed by atoms with van der Waals surface area (Å²) in [5.74, 6) is 0.441. The molecule has 0 bridgehead atoms. The number of benzene rings is 1. The van der Waals surface area contributed by atoms with Crippen LogP contribution in [0.4, 0.5) is 5.69 Å². The highest BCUT2D eigenvalue weighted by molar-refractivity contribution is 5.59. The van der Waals surface area contributed by atoms with Gasteiger partial charge in [0.1, 0.15) is 0 Å². The minimum absolute atomic E-state index is 0.322. The lowest BCUT2D eigenvalue weighted by atomic mass is 9.85. The lowest BCUT2D eigenvalue weighted by molar-refractivity contribution is 0.152. The first-order valence-corrected chi connectivity index (χ1v) is 8.07. The number of fused-ring (bicyclic) bond motifs is 1. The molecule has 1 aromatic carbocycles. The van der Waals surface area contributed by atoms with Crippen LogP contribution in [-0.4, -0.2) is 24.3 Å². The third-order valence-corrected chi connectivity index (χ3v) is 4.86. The van der Waals surface area contributed by atoms with E-state index in [1.54, 1.807) is 0 Å². The van der Waals surface area contributed by atoms with Crippen LogP contribution in [0.25, 0.3) is 0 Å². The van der Waals surface area contributed by atoms with Gasteiger partial charge in [0, 0.05) is 31.4 Å². The summed E-state index contributed by atoms with van der Waals surface area (Å²) in [5, 5.41) is 16.7. The zero-order chi connectivity index (χ0) is 13.8. The molecular formula is C17H26N2O. The Bertz CT molecular complexity index is 447. The third-order valence-electron chi connectivity index (χ3n) is 4.86. The van der Waals surface area contributed by atoms with Crippen molar-refractivity contribution in [3.05, 3.63) is 29.3 Å². The number of nitrogens with one attached hydrogen (secondary N) is 2. The second-order valence-electron chi connectivity index (χ2n) is 6.20. The summed E-state index contributed by atoms with van der Waals surface area (Å²) in [6.07, 6.45) is 7.36. The molecule has 1 fully saturated rings. The predicted octanol–water partition coefficient (Wildman–Crippen LogP) is 2.69. The quantitative estimate of drug-likeness (QED) is 0.791. The zero-order valence-corrected chi connectivity index (χ0v) is 12.2. The molecule has 3 nitrogen and oxygen atoms in total. The Kier molecular flexibility index (Phi) is 4.58. The molecule has 20 heavy (non-hydrogen) atoms. The molecule has 2 atom stereocenters. The Morgan fingerprint density at radius 3 is 3.00 bits per heavy atom. The fourth-order valence-electron chi connectivity index (χ4n) is 3.66. The standard InChI is InChI=1S/C17H26N2O/c20-12-15-5-1-2-9-16(15)19-11-14-7-3-6-13-8-4-10-18-17(13)14/h3,6-7,15-16,18-20H,1-2,4-5,8-12H2. The fourth-order valence-corrected chi connectivity index (χ4v) is 3.66. The van der Waals surface area contributed by atoms with E-state index in [0.29, 0.717) is 18.6 Å². The van der Waals surface area contributed by atoms with E-state index in [2.05, 4.69) is 28.8 Å². The fraction of sp³-hybridized carbons (Fsp3) is 0.647. The molecule has 0 amide bonds. The number of hydrogen-bond donors (Lipinski definition) is 3. The number of aliphatic hydroxyl groups is 1. The first-order valence-electron chi connectivity index (χ1n) is 8.07. The van der Waals surface area contributed by atoms with Gasteiger partial charge in [0.05, 0.1) is 0 Å². The monoisotopic (exact) mass is 274 g/mol. The van der Waals surface area contributed by atoms with Gasteiger partial charge < -0.3 is 15.7 Å². The van der Waals surface area contributed by atoms with Crippen LogP contribution in [0.15, 0.2) is 18.2 Å². The first-order chi connectivity index (χ1) is 9.88. The highest BCUT2D eigenvalue weighted by atomic mass is 16.3. The van der Waals surface area contributed by atoms with E-state index in [1.807, 2.05) is 0 Å². The Morgan fingerprint density at radius 2 is 2.10 bits per heavy atom. The number of anilines is 1. The maximum Gasteiger partial charge on any atom is 0.0474 e. The molecule has 2 unspecified atom stereocenters. The molecule has 1 aromatic rings. The molecule has 1 aliphatic heterocycles. The molecule has 3 N–H and O–H groups in total. The van der Waals surface area contributed by atoms with E-state index >= 15 is 0 Å². The Labute approximate surface area is 121 Å². The van der Waals surface area contributed by atoms with Crippen LogP contribution in [0.1, 0.15) is 43.2 Å². The normalized spacial score (nSPS) is 25.9. The number of aryl methyl sites for hydroxylation is 1. The van der Waals surface area contributed by atoms with Crippen molar-refractivity contribution in [2.75, 3.05) is 18.5 Å². The number of hydrogen-bond acceptors (Lipinski definition) is 3. The van der Waals surface area contributed by atoms with Crippen molar-refractivity contribution in [2.24, 2.45) is 5.92 Å². The van der Waals surface area contributed by atoms with Crippen molar-refractivity contribution in [2.45, 2.75) is 51.1 Å². The van der Waals surface area contributed by atoms with Crippen LogP contribution < -0.4 is 10.6 Å². The minimum atomic E-state index is 0.322. The lowest BCUT2D eigenvalue weighted by Gasteiger charge is -2.31. The van der Waals surface area contributed by atoms with Crippen molar-refractivity contribution in [3.8, 4) is 0 Å². The van der Waals surface area contributed by atoms with Gasteiger partial charge in [-0.15, -0.1) is 0 Å². The Balaban J connectivity index is 1.66. The third kappa shape index (κ3) is 2.99. The van der Waals surface area contributed by atoms with Crippen LogP contribution in [0, 0.1) is 5.92 Å². The Morgan fingerprint density at radius 1 is 1.20 bits per heavy atom. The maximum absolute atomic E-state index is 9.50. The second-order valence-corrected chi connectivity index (χ2v) is 6.20. The topological polar surface area (TPSA) is 44.3 Å². The molecular weight excluding hydrogens is 248 g/mol. The SMILES string of the molecule is OCC1CCCCC1NCc1cccc2c1NCCC2. The Hall–Kier alpha value is -1.06. The molecule has 3 heteroatoms. The predicted molar refractivity (Wildman–Crippen MR) is 82.9 cm³/mol. The van der Waals surface area contributed by atoms with Gasteiger partial charge in [-0.2, -0.15) is 0 Å². The van der Waals surface area contributed by atoms with E-state index in [1.165, 1.54) is 55.3 Å². The van der Waals surface area contributed by atoms with E-state index in [-0.39, 0.29) is 0 Å². The van der Waals surface area contributed by atoms with Crippen molar-refractivity contribution in [1.82, 2.24) is 5.32 Å². The van der Waals surface area contributed by atoms with Gasteiger partial charge in [0.15, 0.2) is 0 Å². The molecule has 1 heterocycles. The molecule has 1 aliphatic carbocycles. The smallest absolute Gasteiger partial charge is 0.0474 e. The number of para-hydroxylation sites is 1. The van der Waals surface area contributed by atoms with E-state index in [0.717, 1.165) is 13.1 Å². The lowest BCUT2D eigenvalue weighted by Crippen LogP contribution is -2.40. The highest BCUT2D eigenvalue weighted by Gasteiger charge is 2.24. The average molecular weight is 274 g/mol. The van der Waals surface area contributed by atoms with Gasteiger partial charge >= 0.3 is 0 Å². The van der Waals surface area contributed by atoms with Gasteiger partial charge in [0.25, 0.3) is 0 Å². The van der Waals surface area contributed by atoms with Gasteiger partial charge in [-0.3, -0.25) is 0 Å². The van der Waals surface area contributed by atoms with Crippen LogP contribution in [0.5, 0.6) is 0 Å². The molecule has 0 aromatic heterocycles. The number of aliphatic hydroxyl groups excluding tert-OH is 1. The van der Waals surface area contributed by atoms with Crippen molar-refractivity contribution >= 4 is 5.69 Å². The maximum atomic E-state index is 9.50. The zero-order valence-electron chi connectivity index (χ0n) is 12.2. The van der Waals surface area contributed by atoms with Crippen LogP contribution in [0.3, 0.4) is 0 Å². The minimum Gasteiger partial charge on any atom is -0.396 e. The van der Waals surface area contributed by atoms with Crippen LogP contribution in [-0.2, 0) is 13.0 Å². The second kappa shape index (κ2) is 6.59. The molecule has 0 spiro atoms. The van der Waals surface area contributed by atoms with Crippen molar-refractivity contribution < 1.29 is 5.11 Å². The molecule has 2 aliphatic rings. The van der Waals surface area contributed by atoms with Crippen molar-refractivity contribution in [1.29, 1.82) is 0 Å². The van der Waals surface area contributed by atoms with Crippen molar-refractivity contribution in [3.63, 3.8) is 0 Å². The van der Waals surface area contributed by atoms with E-state index < -0.39 is 0 Å². The summed E-state index contributed by atoms with van der Waals surface area (Å²) in [6, 6.07) is 7.12. The summed E-state index contributed by atoms with van der Waals surface area (Å²) in [4.78, 5) is 0. The van der Waals surface area contributed by atoms with Gasteiger partial charge in [-0.25, -0.2) is 0 Å². The highest BCUT2D eigenvalue weighted by Crippen LogP contribution is 2.28. The van der Waals surface area contributed by atoms with Crippen LogP contribution in [0.2, 0.25) is 0 Å². The van der Waals surface area contributed by atoms with Gasteiger partial charge in [0.2, 0.25) is 0 Å². The van der Waals surface area contributed by atoms with Crippen LogP contribution >= 0.6 is 0 Å².